The average Bonchev–Trinajstić information content (AvgIpc) is 2.92. The topological polar surface area (TPSA) is 78.2 Å². The number of hydrogen-bond acceptors (Lipinski definition) is 4. The number of H-pyrrole nitrogens is 1. The first-order chi connectivity index (χ1) is 10.2. The lowest BCUT2D eigenvalue weighted by Gasteiger charge is -2.48. The van der Waals surface area contributed by atoms with E-state index in [9.17, 15) is 5.11 Å². The van der Waals surface area contributed by atoms with Gasteiger partial charge in [0.15, 0.2) is 0 Å². The summed E-state index contributed by atoms with van der Waals surface area (Å²) in [5.41, 5.74) is 8.67. The van der Waals surface area contributed by atoms with Crippen molar-refractivity contribution in [3.8, 4) is 0 Å². The molecule has 112 valence electrons. The molecule has 1 aliphatic carbocycles. The van der Waals surface area contributed by atoms with Gasteiger partial charge in [0.25, 0.3) is 0 Å². The lowest BCUT2D eigenvalue weighted by molar-refractivity contribution is -0.0612. The van der Waals surface area contributed by atoms with Crippen LogP contribution < -0.4 is 10.6 Å². The summed E-state index contributed by atoms with van der Waals surface area (Å²) in [5, 5.41) is 18.9. The number of nitrogen functional groups attached to an aromatic ring is 1. The highest BCUT2D eigenvalue weighted by atomic mass is 16.3. The quantitative estimate of drug-likeness (QED) is 0.703. The Labute approximate surface area is 124 Å². The third kappa shape index (κ3) is 2.07. The fourth-order valence-corrected chi connectivity index (χ4v) is 4.06. The minimum atomic E-state index is -0.443. The minimum absolute atomic E-state index is 0.372. The van der Waals surface area contributed by atoms with Crippen LogP contribution in [0.2, 0.25) is 0 Å². The molecular weight excluding hydrogens is 264 g/mol. The van der Waals surface area contributed by atoms with Crippen LogP contribution >= 0.6 is 0 Å². The number of nitrogens with two attached hydrogens (primary N) is 1. The lowest BCUT2D eigenvalue weighted by atomic mass is 9.71. The molecule has 1 saturated carbocycles. The first-order valence-electron chi connectivity index (χ1n) is 7.86. The van der Waals surface area contributed by atoms with Gasteiger partial charge in [-0.3, -0.25) is 5.10 Å². The van der Waals surface area contributed by atoms with E-state index in [4.69, 9.17) is 5.73 Å². The minimum Gasteiger partial charge on any atom is -0.397 e. The van der Waals surface area contributed by atoms with Gasteiger partial charge in [-0.25, -0.2) is 0 Å². The predicted octanol–water partition coefficient (Wildman–Crippen LogP) is 2.28. The van der Waals surface area contributed by atoms with Crippen LogP contribution in [0, 0.1) is 5.92 Å². The largest absolute Gasteiger partial charge is 0.397 e. The average molecular weight is 286 g/mol. The highest BCUT2D eigenvalue weighted by Crippen LogP contribution is 2.42. The van der Waals surface area contributed by atoms with Crippen LogP contribution in [0.1, 0.15) is 32.1 Å². The highest BCUT2D eigenvalue weighted by molar-refractivity contribution is 5.88. The van der Waals surface area contributed by atoms with Crippen molar-refractivity contribution in [2.24, 2.45) is 5.92 Å². The number of benzene rings is 1. The Kier molecular flexibility index (Phi) is 2.85. The molecule has 4 rings (SSSR count). The van der Waals surface area contributed by atoms with Gasteiger partial charge in [-0.2, -0.15) is 5.10 Å². The van der Waals surface area contributed by atoms with E-state index >= 15 is 0 Å². The first kappa shape index (κ1) is 13.0. The molecule has 0 radical (unpaired) electrons. The molecule has 1 aliphatic heterocycles. The molecule has 21 heavy (non-hydrogen) atoms. The second-order valence-corrected chi connectivity index (χ2v) is 6.61. The number of piperidine rings is 1. The zero-order chi connectivity index (χ0) is 14.4. The summed E-state index contributed by atoms with van der Waals surface area (Å²) in [6, 6.07) is 4.07. The van der Waals surface area contributed by atoms with E-state index < -0.39 is 5.60 Å². The summed E-state index contributed by atoms with van der Waals surface area (Å²) in [5.74, 6) is 0.372. The summed E-state index contributed by atoms with van der Waals surface area (Å²) in [4.78, 5) is 2.33. The van der Waals surface area contributed by atoms with Gasteiger partial charge < -0.3 is 15.7 Å². The number of hydrogen-bond donors (Lipinski definition) is 3. The normalized spacial score (nSPS) is 29.6. The monoisotopic (exact) mass is 286 g/mol. The van der Waals surface area contributed by atoms with E-state index in [1.807, 2.05) is 6.07 Å². The molecule has 2 atom stereocenters. The molecular formula is C16H22N4O. The van der Waals surface area contributed by atoms with Crippen molar-refractivity contribution in [3.05, 3.63) is 18.3 Å². The third-order valence-corrected chi connectivity index (χ3v) is 5.36. The van der Waals surface area contributed by atoms with Gasteiger partial charge in [-0.05, 0) is 31.4 Å². The van der Waals surface area contributed by atoms with Crippen LogP contribution in [0.25, 0.3) is 10.9 Å². The van der Waals surface area contributed by atoms with E-state index in [0.717, 1.165) is 61.1 Å². The van der Waals surface area contributed by atoms with E-state index in [1.54, 1.807) is 6.20 Å². The van der Waals surface area contributed by atoms with Gasteiger partial charge in [-0.1, -0.05) is 12.8 Å². The standard InChI is InChI=1S/C16H22N4O/c17-13-7-11-9-18-19-14(11)8-15(13)20-6-5-16(21)4-2-1-3-12(16)10-20/h7-9,12,21H,1-6,10,17H2,(H,18,19). The van der Waals surface area contributed by atoms with E-state index in [1.165, 1.54) is 6.42 Å². The van der Waals surface area contributed by atoms with Crippen molar-refractivity contribution in [2.45, 2.75) is 37.7 Å². The Morgan fingerprint density at radius 1 is 1.33 bits per heavy atom. The number of aromatic nitrogens is 2. The molecule has 0 bridgehead atoms. The first-order valence-corrected chi connectivity index (χ1v) is 7.86. The van der Waals surface area contributed by atoms with Crippen LogP contribution in [0.4, 0.5) is 11.4 Å². The summed E-state index contributed by atoms with van der Waals surface area (Å²) >= 11 is 0. The number of nitrogens with one attached hydrogen (secondary N) is 1. The van der Waals surface area contributed by atoms with Crippen LogP contribution in [0.3, 0.4) is 0 Å². The van der Waals surface area contributed by atoms with E-state index in [-0.39, 0.29) is 0 Å². The van der Waals surface area contributed by atoms with Gasteiger partial charge in [0.1, 0.15) is 0 Å². The molecule has 2 heterocycles. The van der Waals surface area contributed by atoms with Crippen molar-refractivity contribution in [3.63, 3.8) is 0 Å². The van der Waals surface area contributed by atoms with Gasteiger partial charge >= 0.3 is 0 Å². The molecule has 2 unspecified atom stereocenters. The lowest BCUT2D eigenvalue weighted by Crippen LogP contribution is -2.53. The Morgan fingerprint density at radius 2 is 2.24 bits per heavy atom. The Bertz CT molecular complexity index is 667. The van der Waals surface area contributed by atoms with Gasteiger partial charge in [0, 0.05) is 24.4 Å². The molecule has 2 aromatic rings. The van der Waals surface area contributed by atoms with Crippen molar-refractivity contribution in [2.75, 3.05) is 23.7 Å². The second-order valence-electron chi connectivity index (χ2n) is 6.61. The molecule has 1 aromatic carbocycles. The molecule has 0 amide bonds. The number of rotatable bonds is 1. The Hall–Kier alpha value is -1.75. The molecule has 2 aliphatic rings. The molecule has 4 N–H and O–H groups in total. The Morgan fingerprint density at radius 3 is 3.14 bits per heavy atom. The third-order valence-electron chi connectivity index (χ3n) is 5.36. The van der Waals surface area contributed by atoms with Gasteiger partial charge in [0.2, 0.25) is 0 Å². The smallest absolute Gasteiger partial charge is 0.0709 e. The molecule has 2 fully saturated rings. The second kappa shape index (κ2) is 4.63. The number of nitrogens with zero attached hydrogens (tertiary/aromatic N) is 2. The zero-order valence-electron chi connectivity index (χ0n) is 12.2. The van der Waals surface area contributed by atoms with Crippen LogP contribution in [-0.2, 0) is 0 Å². The maximum Gasteiger partial charge on any atom is 0.0709 e. The summed E-state index contributed by atoms with van der Waals surface area (Å²) in [7, 11) is 0. The molecule has 0 spiro atoms. The summed E-state index contributed by atoms with van der Waals surface area (Å²) < 4.78 is 0. The Balaban J connectivity index is 1.65. The number of fused-ring (bicyclic) bond motifs is 2. The maximum atomic E-state index is 10.8. The molecule has 1 aromatic heterocycles. The van der Waals surface area contributed by atoms with E-state index in [0.29, 0.717) is 5.92 Å². The van der Waals surface area contributed by atoms with Crippen molar-refractivity contribution < 1.29 is 5.11 Å². The molecule has 5 nitrogen and oxygen atoms in total. The fourth-order valence-electron chi connectivity index (χ4n) is 4.06. The van der Waals surface area contributed by atoms with Crippen molar-refractivity contribution in [1.29, 1.82) is 0 Å². The highest BCUT2D eigenvalue weighted by Gasteiger charge is 2.42. The fraction of sp³-hybridized carbons (Fsp3) is 0.562. The van der Waals surface area contributed by atoms with Crippen LogP contribution in [-0.4, -0.2) is 34.0 Å². The van der Waals surface area contributed by atoms with Crippen molar-refractivity contribution >= 4 is 22.3 Å². The summed E-state index contributed by atoms with van der Waals surface area (Å²) in [6.45, 7) is 1.77. The zero-order valence-corrected chi connectivity index (χ0v) is 12.2. The van der Waals surface area contributed by atoms with Crippen LogP contribution in [0.5, 0.6) is 0 Å². The maximum absolute atomic E-state index is 10.8. The van der Waals surface area contributed by atoms with Gasteiger partial charge in [0.05, 0.1) is 28.7 Å². The SMILES string of the molecule is Nc1cc2cn[nH]c2cc1N1CCC2(O)CCCCC2C1. The molecule has 1 saturated heterocycles. The number of anilines is 2. The van der Waals surface area contributed by atoms with Crippen LogP contribution in [0.15, 0.2) is 18.3 Å². The van der Waals surface area contributed by atoms with Gasteiger partial charge in [-0.15, -0.1) is 0 Å². The number of aliphatic hydroxyl groups is 1. The number of aromatic amines is 1. The predicted molar refractivity (Wildman–Crippen MR) is 84.2 cm³/mol. The van der Waals surface area contributed by atoms with E-state index in [2.05, 4.69) is 21.2 Å². The summed E-state index contributed by atoms with van der Waals surface area (Å²) in [6.07, 6.45) is 7.12. The van der Waals surface area contributed by atoms with Crippen molar-refractivity contribution in [1.82, 2.24) is 10.2 Å². The molecule has 5 heteroatoms.